The summed E-state index contributed by atoms with van der Waals surface area (Å²) in [4.78, 5) is 2.06. The SMILES string of the molecule is CN(C)c1ccc(C2OCC(N)CO2)cc1. The van der Waals surface area contributed by atoms with Crippen LogP contribution in [-0.4, -0.2) is 33.4 Å². The number of ether oxygens (including phenoxy) is 2. The minimum Gasteiger partial charge on any atom is -0.378 e. The Morgan fingerprint density at radius 2 is 1.69 bits per heavy atom. The molecule has 0 atom stereocenters. The minimum absolute atomic E-state index is 0.00250. The fourth-order valence-electron chi connectivity index (χ4n) is 1.64. The quantitative estimate of drug-likeness (QED) is 0.814. The molecule has 0 aliphatic carbocycles. The number of hydrogen-bond donors (Lipinski definition) is 1. The summed E-state index contributed by atoms with van der Waals surface area (Å²) in [6, 6.07) is 8.15. The van der Waals surface area contributed by atoms with Crippen molar-refractivity contribution in [3.63, 3.8) is 0 Å². The van der Waals surface area contributed by atoms with E-state index in [-0.39, 0.29) is 12.3 Å². The molecule has 1 aromatic rings. The van der Waals surface area contributed by atoms with E-state index < -0.39 is 0 Å². The van der Waals surface area contributed by atoms with Gasteiger partial charge in [-0.25, -0.2) is 0 Å². The lowest BCUT2D eigenvalue weighted by atomic mass is 10.2. The van der Waals surface area contributed by atoms with E-state index in [1.54, 1.807) is 0 Å². The Balaban J connectivity index is 2.04. The van der Waals surface area contributed by atoms with Crippen molar-refractivity contribution in [1.82, 2.24) is 0 Å². The van der Waals surface area contributed by atoms with E-state index in [4.69, 9.17) is 15.2 Å². The molecule has 2 N–H and O–H groups in total. The van der Waals surface area contributed by atoms with E-state index in [2.05, 4.69) is 17.0 Å². The van der Waals surface area contributed by atoms with Crippen LogP contribution >= 0.6 is 0 Å². The normalized spacial score (nSPS) is 25.4. The van der Waals surface area contributed by atoms with Gasteiger partial charge in [0.15, 0.2) is 6.29 Å². The van der Waals surface area contributed by atoms with Crippen molar-refractivity contribution in [1.29, 1.82) is 0 Å². The standard InChI is InChI=1S/C12H18N2O2/c1-14(2)11-5-3-9(4-6-11)12-15-7-10(13)8-16-12/h3-6,10,12H,7-8,13H2,1-2H3. The van der Waals surface area contributed by atoms with Gasteiger partial charge in [-0.05, 0) is 12.1 Å². The number of anilines is 1. The van der Waals surface area contributed by atoms with Crippen LogP contribution in [0.3, 0.4) is 0 Å². The zero-order chi connectivity index (χ0) is 11.5. The molecule has 88 valence electrons. The van der Waals surface area contributed by atoms with Gasteiger partial charge < -0.3 is 20.1 Å². The van der Waals surface area contributed by atoms with Crippen LogP contribution in [0.2, 0.25) is 0 Å². The summed E-state index contributed by atoms with van der Waals surface area (Å²) in [5, 5.41) is 0. The first-order chi connectivity index (χ1) is 7.66. The zero-order valence-electron chi connectivity index (χ0n) is 9.72. The number of benzene rings is 1. The second-order valence-electron chi connectivity index (χ2n) is 4.24. The molecular weight excluding hydrogens is 204 g/mol. The summed E-state index contributed by atoms with van der Waals surface area (Å²) in [6.45, 7) is 1.11. The first-order valence-corrected chi connectivity index (χ1v) is 5.43. The zero-order valence-corrected chi connectivity index (χ0v) is 9.72. The van der Waals surface area contributed by atoms with E-state index in [9.17, 15) is 0 Å². The molecule has 0 spiro atoms. The first-order valence-electron chi connectivity index (χ1n) is 5.43. The van der Waals surface area contributed by atoms with Crippen LogP contribution in [0.4, 0.5) is 5.69 Å². The largest absolute Gasteiger partial charge is 0.378 e. The fraction of sp³-hybridized carbons (Fsp3) is 0.500. The molecule has 1 aromatic carbocycles. The Labute approximate surface area is 95.9 Å². The second kappa shape index (κ2) is 4.82. The Hall–Kier alpha value is -1.10. The number of hydrogen-bond acceptors (Lipinski definition) is 4. The van der Waals surface area contributed by atoms with Crippen LogP contribution in [0, 0.1) is 0 Å². The summed E-state index contributed by atoms with van der Waals surface area (Å²) in [6.07, 6.45) is -0.268. The first kappa shape index (κ1) is 11.4. The van der Waals surface area contributed by atoms with Crippen molar-refractivity contribution in [3.8, 4) is 0 Å². The number of rotatable bonds is 2. The van der Waals surface area contributed by atoms with Gasteiger partial charge in [0.25, 0.3) is 0 Å². The van der Waals surface area contributed by atoms with Gasteiger partial charge in [-0.3, -0.25) is 0 Å². The monoisotopic (exact) mass is 222 g/mol. The molecule has 0 bridgehead atoms. The maximum absolute atomic E-state index is 5.68. The maximum atomic E-state index is 5.68. The highest BCUT2D eigenvalue weighted by molar-refractivity contribution is 5.46. The van der Waals surface area contributed by atoms with Crippen molar-refractivity contribution in [2.24, 2.45) is 5.73 Å². The van der Waals surface area contributed by atoms with Gasteiger partial charge in [0, 0.05) is 25.3 Å². The van der Waals surface area contributed by atoms with Crippen LogP contribution in [0.5, 0.6) is 0 Å². The summed E-state index contributed by atoms with van der Waals surface area (Å²) in [7, 11) is 4.03. The third-order valence-electron chi connectivity index (χ3n) is 2.61. The van der Waals surface area contributed by atoms with Crippen molar-refractivity contribution in [2.45, 2.75) is 12.3 Å². The van der Waals surface area contributed by atoms with Gasteiger partial charge in [-0.1, -0.05) is 12.1 Å². The summed E-state index contributed by atoms with van der Waals surface area (Å²) < 4.78 is 11.0. The molecule has 0 aromatic heterocycles. The molecule has 1 fully saturated rings. The Morgan fingerprint density at radius 3 is 2.19 bits per heavy atom. The smallest absolute Gasteiger partial charge is 0.183 e. The number of nitrogens with zero attached hydrogens (tertiary/aromatic N) is 1. The molecule has 0 amide bonds. The van der Waals surface area contributed by atoms with Crippen LogP contribution < -0.4 is 10.6 Å². The Morgan fingerprint density at radius 1 is 1.12 bits per heavy atom. The van der Waals surface area contributed by atoms with E-state index in [0.29, 0.717) is 13.2 Å². The van der Waals surface area contributed by atoms with Gasteiger partial charge in [-0.2, -0.15) is 0 Å². The third kappa shape index (κ3) is 2.52. The number of nitrogens with two attached hydrogens (primary N) is 1. The van der Waals surface area contributed by atoms with Gasteiger partial charge in [0.05, 0.1) is 19.3 Å². The van der Waals surface area contributed by atoms with E-state index >= 15 is 0 Å². The molecule has 16 heavy (non-hydrogen) atoms. The van der Waals surface area contributed by atoms with Gasteiger partial charge in [-0.15, -0.1) is 0 Å². The molecule has 1 heterocycles. The fourth-order valence-corrected chi connectivity index (χ4v) is 1.64. The minimum atomic E-state index is -0.268. The van der Waals surface area contributed by atoms with Crippen molar-refractivity contribution >= 4 is 5.69 Å². The van der Waals surface area contributed by atoms with Crippen LogP contribution in [-0.2, 0) is 9.47 Å². The highest BCUT2D eigenvalue weighted by Crippen LogP contribution is 2.24. The molecule has 1 aliphatic rings. The highest BCUT2D eigenvalue weighted by Gasteiger charge is 2.20. The summed E-state index contributed by atoms with van der Waals surface area (Å²) in [5.41, 5.74) is 7.88. The third-order valence-corrected chi connectivity index (χ3v) is 2.61. The van der Waals surface area contributed by atoms with E-state index in [1.165, 1.54) is 0 Å². The molecule has 2 rings (SSSR count). The van der Waals surface area contributed by atoms with Gasteiger partial charge in [0.1, 0.15) is 0 Å². The molecule has 1 aliphatic heterocycles. The lowest BCUT2D eigenvalue weighted by Crippen LogP contribution is -2.37. The molecule has 0 unspecified atom stereocenters. The molecule has 4 nitrogen and oxygen atoms in total. The van der Waals surface area contributed by atoms with E-state index in [0.717, 1.165) is 11.3 Å². The average molecular weight is 222 g/mol. The molecular formula is C12H18N2O2. The van der Waals surface area contributed by atoms with E-state index in [1.807, 2.05) is 26.2 Å². The molecule has 1 saturated heterocycles. The summed E-state index contributed by atoms with van der Waals surface area (Å²) >= 11 is 0. The predicted octanol–water partition coefficient (Wildman–Crippen LogP) is 1.13. The van der Waals surface area contributed by atoms with Crippen molar-refractivity contribution in [3.05, 3.63) is 29.8 Å². The van der Waals surface area contributed by atoms with Gasteiger partial charge >= 0.3 is 0 Å². The topological polar surface area (TPSA) is 47.7 Å². The van der Waals surface area contributed by atoms with Crippen LogP contribution in [0.15, 0.2) is 24.3 Å². The van der Waals surface area contributed by atoms with Crippen molar-refractivity contribution < 1.29 is 9.47 Å². The van der Waals surface area contributed by atoms with Crippen LogP contribution in [0.1, 0.15) is 11.9 Å². The predicted molar refractivity (Wildman–Crippen MR) is 63.4 cm³/mol. The highest BCUT2D eigenvalue weighted by atomic mass is 16.7. The molecule has 0 radical (unpaired) electrons. The molecule has 4 heteroatoms. The van der Waals surface area contributed by atoms with Crippen molar-refractivity contribution in [2.75, 3.05) is 32.2 Å². The summed E-state index contributed by atoms with van der Waals surface area (Å²) in [5.74, 6) is 0. The van der Waals surface area contributed by atoms with Crippen LogP contribution in [0.25, 0.3) is 0 Å². The average Bonchev–Trinajstić information content (AvgIpc) is 2.30. The molecule has 0 saturated carbocycles. The van der Waals surface area contributed by atoms with Gasteiger partial charge in [0.2, 0.25) is 0 Å². The Kier molecular flexibility index (Phi) is 3.43. The lowest BCUT2D eigenvalue weighted by Gasteiger charge is -2.27. The second-order valence-corrected chi connectivity index (χ2v) is 4.24. The maximum Gasteiger partial charge on any atom is 0.183 e. The Bertz CT molecular complexity index is 329. The lowest BCUT2D eigenvalue weighted by molar-refractivity contribution is -0.189.